The van der Waals surface area contributed by atoms with Gasteiger partial charge in [0, 0.05) is 128 Å². The first kappa shape index (κ1) is 85.3. The smallest absolute Gasteiger partial charge is 0.492 e. The molecule has 13 heterocycles. The van der Waals surface area contributed by atoms with Crippen LogP contribution in [0, 0.1) is 0 Å². The standard InChI is InChI=1S/C96H96N8O8S8.Co/c1-9-17-41-105-81-65(57-33-25-49-113-57)66(58-34-26-50-114-58)82(106-42-18-10-2)74-73(81)89-97-90(74)102-92-77-78(86(110-46-22-14-6)70(62-38-30-54-118-62)69(61-37-29-53-117-61)85(77)109-45-21-13-5)94(99-92)104-96-80-79(87(111-47-23-15-7)71(63-39-31-55-119-63)72(64-40-32-56-120-64)88(80)112-48-24-16-8)95(100-96)103-93-76-75(91(98-93)101-89)83(107-43-19-11-3)67(59-35-27-51-115-59)68(60-36-28-52-116-60)84(76)108-44-20-12-4;/h25-40,49-56H,9-24,41-48H2,1-8H3;/q-2;+2. The van der Waals surface area contributed by atoms with Crippen molar-refractivity contribution in [2.75, 3.05) is 52.9 Å². The van der Waals surface area contributed by atoms with Crippen LogP contribution in [0.3, 0.4) is 0 Å². The zero-order chi connectivity index (χ0) is 82.0. The second kappa shape index (κ2) is 39.9. The summed E-state index contributed by atoms with van der Waals surface area (Å²) in [6, 6.07) is 34.2. The molecule has 25 heteroatoms. The van der Waals surface area contributed by atoms with Gasteiger partial charge in [0.1, 0.15) is 46.0 Å². The molecule has 0 aliphatic carbocycles. The Hall–Kier alpha value is -9.25. The first-order valence-electron chi connectivity index (χ1n) is 42.3. The van der Waals surface area contributed by atoms with Gasteiger partial charge in [0.25, 0.3) is 0 Å². The van der Waals surface area contributed by atoms with Crippen molar-refractivity contribution >= 4 is 135 Å². The molecule has 0 N–H and O–H groups in total. The molecular weight excluding hydrogens is 1710 g/mol. The second-order valence-electron chi connectivity index (χ2n) is 29.6. The summed E-state index contributed by atoms with van der Waals surface area (Å²) >= 11 is 13.2. The van der Waals surface area contributed by atoms with E-state index in [1.807, 2.05) is 0 Å². The van der Waals surface area contributed by atoms with Gasteiger partial charge in [-0.3, -0.25) is 0 Å². The van der Waals surface area contributed by atoms with Gasteiger partial charge in [-0.15, -0.1) is 90.7 Å². The van der Waals surface area contributed by atoms with E-state index in [-0.39, 0.29) is 62.7 Å². The molecule has 121 heavy (non-hydrogen) atoms. The van der Waals surface area contributed by atoms with Gasteiger partial charge in [-0.05, 0) is 143 Å². The summed E-state index contributed by atoms with van der Waals surface area (Å²) in [5, 5.41) is 19.3. The summed E-state index contributed by atoms with van der Waals surface area (Å²) < 4.78 is 60.7. The molecule has 16 nitrogen and oxygen atoms in total. The molecule has 8 bridgehead atoms. The summed E-state index contributed by atoms with van der Waals surface area (Å²) in [5.41, 5.74) is 10.3. The van der Waals surface area contributed by atoms with E-state index >= 15 is 0 Å². The Labute approximate surface area is 749 Å². The summed E-state index contributed by atoms with van der Waals surface area (Å²) in [5.74, 6) is 5.81. The van der Waals surface area contributed by atoms with Crippen LogP contribution in [0.2, 0.25) is 0 Å². The average molecular weight is 1810 g/mol. The molecule has 0 saturated heterocycles. The molecule has 0 atom stereocenters. The maximum atomic E-state index is 7.59. The minimum atomic E-state index is 0. The number of aromatic nitrogens is 8. The summed E-state index contributed by atoms with van der Waals surface area (Å²) in [7, 11) is 0. The minimum absolute atomic E-state index is 0. The SMILES string of the molecule is CCCCOc1c2c(c(OCCCC)c(-c3cccs3)c1-c1cccs1)-c1nc-2nc2[n-]c(nc3nc(nc4[n-]c(n1)c1c(OCCCC)c(-c5cccs5)c(-c5cccs5)c(OCCCC)c41)-c1c(OCCCC)c(-c4cccs4)c(-c4cccs4)c(OCCCC)c1-3)c1c(OCCCC)c(-c3cccs3)c(-c3cccs3)c(OCCCC)c21.[Co+2]. The van der Waals surface area contributed by atoms with Crippen LogP contribution < -0.4 is 47.9 Å². The van der Waals surface area contributed by atoms with Gasteiger partial charge in [-0.25, -0.2) is 9.97 Å². The molecule has 0 amide bonds. The van der Waals surface area contributed by atoms with Gasteiger partial charge in [-0.1, -0.05) is 155 Å². The molecule has 625 valence electrons. The fraction of sp³-hybridized carbons (Fsp3) is 0.333. The van der Waals surface area contributed by atoms with Crippen molar-refractivity contribution in [3.8, 4) is 175 Å². The molecule has 0 saturated carbocycles. The van der Waals surface area contributed by atoms with Crippen molar-refractivity contribution in [1.29, 1.82) is 0 Å². The third kappa shape index (κ3) is 16.9. The van der Waals surface area contributed by atoms with Crippen LogP contribution in [0.5, 0.6) is 46.0 Å². The van der Waals surface area contributed by atoms with Crippen molar-refractivity contribution < 1.29 is 54.7 Å². The van der Waals surface area contributed by atoms with Crippen molar-refractivity contribution in [1.82, 2.24) is 39.9 Å². The topological polar surface area (TPSA) is 179 Å². The van der Waals surface area contributed by atoms with Crippen molar-refractivity contribution in [3.63, 3.8) is 0 Å². The molecular formula is C96H96CoN8O8S8. The van der Waals surface area contributed by atoms with Crippen molar-refractivity contribution in [3.05, 3.63) is 140 Å². The van der Waals surface area contributed by atoms with Crippen LogP contribution in [-0.2, 0) is 16.8 Å². The Balaban J connectivity index is 0.0000109. The van der Waals surface area contributed by atoms with Crippen LogP contribution in [0.15, 0.2) is 140 Å². The van der Waals surface area contributed by atoms with Gasteiger partial charge in [0.2, 0.25) is 0 Å². The number of ether oxygens (including phenoxy) is 8. The van der Waals surface area contributed by atoms with Gasteiger partial charge in [-0.2, -0.15) is 0 Å². The average Bonchev–Trinajstić information content (AvgIpc) is 1.58. The van der Waals surface area contributed by atoms with Crippen LogP contribution in [0.25, 0.3) is 173 Å². The van der Waals surface area contributed by atoms with E-state index in [9.17, 15) is 0 Å². The number of thiophene rings is 8. The number of unbranched alkanes of at least 4 members (excludes halogenated alkanes) is 8. The Morgan fingerprint density at radius 2 is 0.372 bits per heavy atom. The number of fused-ring (bicyclic) bond motifs is 20. The van der Waals surface area contributed by atoms with Gasteiger partial charge in [0.15, 0.2) is 0 Å². The summed E-state index contributed by atoms with van der Waals surface area (Å²) in [6.07, 6.45) is 13.1. The Morgan fingerprint density at radius 1 is 0.215 bits per heavy atom. The van der Waals surface area contributed by atoms with E-state index in [4.69, 9.17) is 77.8 Å². The first-order chi connectivity index (χ1) is 59.3. The van der Waals surface area contributed by atoms with Crippen LogP contribution in [0.1, 0.15) is 158 Å². The van der Waals surface area contributed by atoms with E-state index in [0.29, 0.717) is 143 Å². The molecule has 11 aromatic heterocycles. The number of hydrogen-bond acceptors (Lipinski definition) is 22. The predicted octanol–water partition coefficient (Wildman–Crippen LogP) is 29.4. The van der Waals surface area contributed by atoms with E-state index in [1.165, 1.54) is 0 Å². The largest absolute Gasteiger partial charge is 2.00 e. The molecule has 2 aliphatic heterocycles. The van der Waals surface area contributed by atoms with Gasteiger partial charge < -0.3 is 67.8 Å². The molecule has 1 radical (unpaired) electrons. The maximum Gasteiger partial charge on any atom is 2.00 e. The monoisotopic (exact) mass is 1800 g/mol. The quantitative estimate of drug-likeness (QED) is 0.0331. The summed E-state index contributed by atoms with van der Waals surface area (Å²) in [4.78, 5) is 56.2. The zero-order valence-electron chi connectivity index (χ0n) is 69.3. The maximum absolute atomic E-state index is 7.59. The van der Waals surface area contributed by atoms with Crippen LogP contribution in [0.4, 0.5) is 0 Å². The number of nitrogens with zero attached hydrogens (tertiary/aromatic N) is 8. The van der Waals surface area contributed by atoms with Crippen molar-refractivity contribution in [2.45, 2.75) is 158 Å². The number of hydrogen-bond donors (Lipinski definition) is 0. The van der Waals surface area contributed by atoms with E-state index < -0.39 is 0 Å². The Morgan fingerprint density at radius 3 is 0.521 bits per heavy atom. The minimum Gasteiger partial charge on any atom is -0.492 e. The second-order valence-corrected chi connectivity index (χ2v) is 37.1. The third-order valence-corrected chi connectivity index (χ3v) is 28.3. The molecule has 17 rings (SSSR count). The Bertz CT molecular complexity index is 5440. The van der Waals surface area contributed by atoms with E-state index in [2.05, 4.69) is 195 Å². The van der Waals surface area contributed by atoms with Gasteiger partial charge in [0.05, 0.1) is 98.4 Å². The Kier molecular flexibility index (Phi) is 28.2. The van der Waals surface area contributed by atoms with Crippen LogP contribution >= 0.6 is 90.7 Å². The molecule has 0 spiro atoms. The fourth-order valence-electron chi connectivity index (χ4n) is 15.4. The first-order valence-corrected chi connectivity index (χ1v) is 49.4. The zero-order valence-corrected chi connectivity index (χ0v) is 76.8. The van der Waals surface area contributed by atoms with Gasteiger partial charge >= 0.3 is 16.8 Å². The molecule has 4 aromatic carbocycles. The molecule has 2 aliphatic rings. The van der Waals surface area contributed by atoms with E-state index in [1.54, 1.807) is 90.7 Å². The van der Waals surface area contributed by atoms with Crippen molar-refractivity contribution in [2.24, 2.45) is 0 Å². The predicted molar refractivity (Wildman–Crippen MR) is 504 cm³/mol. The molecule has 15 aromatic rings. The number of benzene rings is 4. The number of rotatable bonds is 40. The van der Waals surface area contributed by atoms with Crippen LogP contribution in [-0.4, -0.2) is 82.8 Å². The third-order valence-electron chi connectivity index (χ3n) is 21.2. The summed E-state index contributed by atoms with van der Waals surface area (Å²) in [6.45, 7) is 20.5. The molecule has 0 fully saturated rings. The fourth-order valence-corrected chi connectivity index (χ4v) is 21.6. The molecule has 0 unspecified atom stereocenters. The normalized spacial score (nSPS) is 11.7. The van der Waals surface area contributed by atoms with E-state index in [0.717, 1.165) is 186 Å².